The maximum Gasteiger partial charge on any atom is 0.271 e. The van der Waals surface area contributed by atoms with E-state index in [9.17, 15) is 4.79 Å². The molecule has 1 unspecified atom stereocenters. The van der Waals surface area contributed by atoms with E-state index < -0.39 is 0 Å². The molecule has 0 radical (unpaired) electrons. The Morgan fingerprint density at radius 2 is 1.95 bits per heavy atom. The third kappa shape index (κ3) is 4.52. The number of nitrogens with two attached hydrogens (primary N) is 1. The number of benzene rings is 1. The van der Waals surface area contributed by atoms with Crippen molar-refractivity contribution < 1.29 is 4.79 Å². The van der Waals surface area contributed by atoms with Crippen LogP contribution in [0.2, 0.25) is 0 Å². The van der Waals surface area contributed by atoms with Crippen LogP contribution in [0, 0.1) is 13.8 Å². The lowest BCUT2D eigenvalue weighted by atomic mass is 10.0. The fourth-order valence-electron chi connectivity index (χ4n) is 2.12. The molecule has 114 valence electrons. The zero-order valence-corrected chi connectivity index (χ0v) is 14.0. The topological polar surface area (TPSA) is 68.0 Å². The van der Waals surface area contributed by atoms with Crippen LogP contribution in [0.1, 0.15) is 45.2 Å². The van der Waals surface area contributed by atoms with Gasteiger partial charge < -0.3 is 11.1 Å². The number of thiazole rings is 1. The number of halogens is 1. The Kier molecular flexibility index (Phi) is 6.33. The number of carbonyl (C=O) groups excluding carboxylic acids is 1. The quantitative estimate of drug-likeness (QED) is 0.907. The number of hydrogen-bond donors (Lipinski definition) is 2. The number of nitrogens with one attached hydrogen (secondary N) is 1. The highest BCUT2D eigenvalue weighted by Gasteiger charge is 2.14. The summed E-state index contributed by atoms with van der Waals surface area (Å²) in [6.07, 6.45) is 0. The molecular formula is C15H20ClN3OS. The molecule has 0 aliphatic carbocycles. The summed E-state index contributed by atoms with van der Waals surface area (Å²) < 4.78 is 0. The molecule has 2 rings (SSSR count). The van der Waals surface area contributed by atoms with E-state index in [0.29, 0.717) is 12.2 Å². The van der Waals surface area contributed by atoms with Gasteiger partial charge in [0.15, 0.2) is 0 Å². The molecule has 1 amide bonds. The average molecular weight is 326 g/mol. The van der Waals surface area contributed by atoms with Crippen molar-refractivity contribution in [3.63, 3.8) is 0 Å². The zero-order valence-electron chi connectivity index (χ0n) is 12.3. The van der Waals surface area contributed by atoms with Crippen LogP contribution in [0.4, 0.5) is 0 Å². The van der Waals surface area contributed by atoms with Crippen molar-refractivity contribution in [2.24, 2.45) is 5.73 Å². The highest BCUT2D eigenvalue weighted by atomic mass is 35.5. The van der Waals surface area contributed by atoms with Crippen LogP contribution < -0.4 is 11.1 Å². The number of carbonyl (C=O) groups is 1. The molecule has 1 aromatic heterocycles. The van der Waals surface area contributed by atoms with Crippen LogP contribution in [0.5, 0.6) is 0 Å². The first kappa shape index (κ1) is 17.6. The van der Waals surface area contributed by atoms with Crippen molar-refractivity contribution in [1.29, 1.82) is 0 Å². The van der Waals surface area contributed by atoms with E-state index in [1.807, 2.05) is 6.92 Å². The second-order valence-electron chi connectivity index (χ2n) is 4.95. The summed E-state index contributed by atoms with van der Waals surface area (Å²) in [6.45, 7) is 6.45. The maximum atomic E-state index is 12.1. The monoisotopic (exact) mass is 325 g/mol. The van der Waals surface area contributed by atoms with Gasteiger partial charge in [-0.15, -0.1) is 23.7 Å². The van der Waals surface area contributed by atoms with E-state index in [1.165, 1.54) is 22.5 Å². The van der Waals surface area contributed by atoms with Crippen molar-refractivity contribution >= 4 is 29.7 Å². The van der Waals surface area contributed by atoms with Gasteiger partial charge in [0.25, 0.3) is 5.91 Å². The van der Waals surface area contributed by atoms with E-state index in [1.54, 1.807) is 5.38 Å². The SMILES string of the molecule is Cc1cc(C)cc(C(C)NC(=O)c2csc(CN)n2)c1.Cl. The molecule has 0 aliphatic heterocycles. The minimum absolute atomic E-state index is 0. The van der Waals surface area contributed by atoms with Gasteiger partial charge in [0, 0.05) is 11.9 Å². The summed E-state index contributed by atoms with van der Waals surface area (Å²) in [6, 6.07) is 6.24. The van der Waals surface area contributed by atoms with Crippen molar-refractivity contribution in [3.8, 4) is 0 Å². The van der Waals surface area contributed by atoms with E-state index in [0.717, 1.165) is 10.6 Å². The molecular weight excluding hydrogens is 306 g/mol. The number of aryl methyl sites for hydroxylation is 2. The van der Waals surface area contributed by atoms with Crippen LogP contribution in [0.15, 0.2) is 23.6 Å². The lowest BCUT2D eigenvalue weighted by molar-refractivity contribution is 0.0935. The first-order chi connectivity index (χ1) is 9.49. The van der Waals surface area contributed by atoms with Gasteiger partial charge in [-0.25, -0.2) is 4.98 Å². The molecule has 21 heavy (non-hydrogen) atoms. The number of nitrogens with zero attached hydrogens (tertiary/aromatic N) is 1. The molecule has 0 fully saturated rings. The van der Waals surface area contributed by atoms with Gasteiger partial charge in [-0.3, -0.25) is 4.79 Å². The van der Waals surface area contributed by atoms with Gasteiger partial charge in [-0.05, 0) is 26.3 Å². The molecule has 0 saturated carbocycles. The summed E-state index contributed by atoms with van der Waals surface area (Å²) in [4.78, 5) is 16.3. The lowest BCUT2D eigenvalue weighted by Gasteiger charge is -2.15. The highest BCUT2D eigenvalue weighted by molar-refractivity contribution is 7.09. The van der Waals surface area contributed by atoms with Gasteiger partial charge in [-0.1, -0.05) is 29.3 Å². The fraction of sp³-hybridized carbons (Fsp3) is 0.333. The van der Waals surface area contributed by atoms with Crippen molar-refractivity contribution in [3.05, 3.63) is 51.0 Å². The molecule has 0 bridgehead atoms. The second-order valence-corrected chi connectivity index (χ2v) is 5.89. The predicted octanol–water partition coefficient (Wildman–Crippen LogP) is 3.13. The molecule has 0 saturated heterocycles. The van der Waals surface area contributed by atoms with Gasteiger partial charge in [-0.2, -0.15) is 0 Å². The first-order valence-electron chi connectivity index (χ1n) is 6.53. The minimum atomic E-state index is -0.160. The Labute approximate surface area is 135 Å². The Morgan fingerprint density at radius 1 is 1.33 bits per heavy atom. The van der Waals surface area contributed by atoms with Crippen LogP contribution in [-0.4, -0.2) is 10.9 Å². The molecule has 2 aromatic rings. The van der Waals surface area contributed by atoms with Crippen LogP contribution >= 0.6 is 23.7 Å². The molecule has 1 aromatic carbocycles. The van der Waals surface area contributed by atoms with E-state index >= 15 is 0 Å². The Balaban J connectivity index is 0.00000220. The normalized spacial score (nSPS) is 11.6. The molecule has 0 aliphatic rings. The predicted molar refractivity (Wildman–Crippen MR) is 89.1 cm³/mol. The van der Waals surface area contributed by atoms with Crippen LogP contribution in [0.25, 0.3) is 0 Å². The van der Waals surface area contributed by atoms with E-state index in [-0.39, 0.29) is 24.4 Å². The Hall–Kier alpha value is -1.43. The molecule has 3 N–H and O–H groups in total. The number of aromatic nitrogens is 1. The smallest absolute Gasteiger partial charge is 0.271 e. The molecule has 1 atom stereocenters. The Morgan fingerprint density at radius 3 is 2.48 bits per heavy atom. The summed E-state index contributed by atoms with van der Waals surface area (Å²) in [5.74, 6) is -0.160. The van der Waals surface area contributed by atoms with Gasteiger partial charge in [0.05, 0.1) is 6.04 Å². The van der Waals surface area contributed by atoms with Crippen molar-refractivity contribution in [1.82, 2.24) is 10.3 Å². The molecule has 6 heteroatoms. The molecule has 0 spiro atoms. The van der Waals surface area contributed by atoms with Crippen molar-refractivity contribution in [2.75, 3.05) is 0 Å². The standard InChI is InChI=1S/C15H19N3OS.ClH/c1-9-4-10(2)6-12(5-9)11(3)17-15(19)13-8-20-14(7-16)18-13;/h4-6,8,11H,7,16H2,1-3H3,(H,17,19);1H. The highest BCUT2D eigenvalue weighted by Crippen LogP contribution is 2.17. The maximum absolute atomic E-state index is 12.1. The Bertz CT molecular complexity index is 607. The third-order valence-electron chi connectivity index (χ3n) is 3.05. The zero-order chi connectivity index (χ0) is 14.7. The summed E-state index contributed by atoms with van der Waals surface area (Å²) in [5, 5.41) is 5.48. The van der Waals surface area contributed by atoms with Crippen LogP contribution in [0.3, 0.4) is 0 Å². The minimum Gasteiger partial charge on any atom is -0.344 e. The second kappa shape index (κ2) is 7.54. The lowest BCUT2D eigenvalue weighted by Crippen LogP contribution is -2.27. The summed E-state index contributed by atoms with van der Waals surface area (Å²) in [5.41, 5.74) is 9.43. The summed E-state index contributed by atoms with van der Waals surface area (Å²) in [7, 11) is 0. The van der Waals surface area contributed by atoms with E-state index in [4.69, 9.17) is 5.73 Å². The van der Waals surface area contributed by atoms with Gasteiger partial charge in [0.1, 0.15) is 10.7 Å². The number of hydrogen-bond acceptors (Lipinski definition) is 4. The number of rotatable bonds is 4. The van der Waals surface area contributed by atoms with Crippen LogP contribution in [-0.2, 0) is 6.54 Å². The average Bonchev–Trinajstić information content (AvgIpc) is 2.86. The van der Waals surface area contributed by atoms with Crippen molar-refractivity contribution in [2.45, 2.75) is 33.4 Å². The third-order valence-corrected chi connectivity index (χ3v) is 3.92. The first-order valence-corrected chi connectivity index (χ1v) is 7.41. The summed E-state index contributed by atoms with van der Waals surface area (Å²) >= 11 is 1.41. The number of amides is 1. The molecule has 1 heterocycles. The van der Waals surface area contributed by atoms with E-state index in [2.05, 4.69) is 42.3 Å². The fourth-order valence-corrected chi connectivity index (χ4v) is 2.78. The van der Waals surface area contributed by atoms with Gasteiger partial charge >= 0.3 is 0 Å². The molecule has 4 nitrogen and oxygen atoms in total. The largest absolute Gasteiger partial charge is 0.344 e. The van der Waals surface area contributed by atoms with Gasteiger partial charge in [0.2, 0.25) is 0 Å².